The molecular formula is C27H22ClFN2O5. The van der Waals surface area contributed by atoms with Crippen molar-refractivity contribution in [3.63, 3.8) is 0 Å². The highest BCUT2D eigenvalue weighted by atomic mass is 35.5. The van der Waals surface area contributed by atoms with Crippen molar-refractivity contribution in [3.05, 3.63) is 93.3 Å². The zero-order valence-corrected chi connectivity index (χ0v) is 20.5. The van der Waals surface area contributed by atoms with E-state index in [1.54, 1.807) is 36.4 Å². The molecule has 36 heavy (non-hydrogen) atoms. The Bertz CT molecular complexity index is 1420. The van der Waals surface area contributed by atoms with Crippen molar-refractivity contribution in [1.29, 1.82) is 0 Å². The molecular weight excluding hydrogens is 487 g/mol. The molecule has 0 spiro atoms. The minimum atomic E-state index is -0.835. The van der Waals surface area contributed by atoms with E-state index in [4.69, 9.17) is 21.1 Å². The van der Waals surface area contributed by atoms with Gasteiger partial charge in [-0.25, -0.2) is 14.1 Å². The van der Waals surface area contributed by atoms with Gasteiger partial charge in [-0.3, -0.25) is 14.9 Å². The lowest BCUT2D eigenvalue weighted by Gasteiger charge is -2.27. The Kier molecular flexibility index (Phi) is 7.07. The van der Waals surface area contributed by atoms with Crippen molar-refractivity contribution < 1.29 is 28.2 Å². The number of methoxy groups -OCH3 is 1. The van der Waals surface area contributed by atoms with Crippen molar-refractivity contribution in [3.8, 4) is 11.5 Å². The van der Waals surface area contributed by atoms with E-state index in [1.807, 2.05) is 13.8 Å². The third kappa shape index (κ3) is 4.94. The van der Waals surface area contributed by atoms with Crippen molar-refractivity contribution >= 4 is 41.2 Å². The summed E-state index contributed by atoms with van der Waals surface area (Å²) in [4.78, 5) is 39.1. The normalized spacial score (nSPS) is 14.8. The van der Waals surface area contributed by atoms with E-state index in [0.29, 0.717) is 16.8 Å². The van der Waals surface area contributed by atoms with Crippen LogP contribution in [0.25, 0.3) is 6.08 Å². The van der Waals surface area contributed by atoms with Crippen LogP contribution in [0.1, 0.15) is 22.3 Å². The van der Waals surface area contributed by atoms with E-state index in [0.717, 1.165) is 16.0 Å². The second kappa shape index (κ2) is 10.2. The lowest BCUT2D eigenvalue weighted by Crippen LogP contribution is -2.54. The summed E-state index contributed by atoms with van der Waals surface area (Å²) < 4.78 is 25.0. The fourth-order valence-electron chi connectivity index (χ4n) is 3.65. The molecule has 7 nitrogen and oxygen atoms in total. The molecule has 0 radical (unpaired) electrons. The standard InChI is InChI=1S/C27H22ClFN2O5/c1-15-8-9-19(10-16(15)2)31-26(33)20(25(32)30-27(31)34)11-17-12-21(28)24(23(13-17)35-3)36-14-18-6-4-5-7-22(18)29/h4-13H,14H2,1-3H3,(H,30,32,34)/b20-11+. The van der Waals surface area contributed by atoms with Gasteiger partial charge in [0.15, 0.2) is 11.5 Å². The number of urea groups is 1. The first-order valence-corrected chi connectivity index (χ1v) is 11.3. The molecule has 1 saturated heterocycles. The van der Waals surface area contributed by atoms with Crippen LogP contribution in [-0.4, -0.2) is 25.0 Å². The van der Waals surface area contributed by atoms with Gasteiger partial charge < -0.3 is 9.47 Å². The molecule has 0 saturated carbocycles. The molecule has 4 amide bonds. The quantitative estimate of drug-likeness (QED) is 0.358. The number of hydrogen-bond acceptors (Lipinski definition) is 5. The van der Waals surface area contributed by atoms with Crippen LogP contribution in [0.5, 0.6) is 11.5 Å². The zero-order valence-electron chi connectivity index (χ0n) is 19.7. The molecule has 184 valence electrons. The summed E-state index contributed by atoms with van der Waals surface area (Å²) >= 11 is 6.41. The van der Waals surface area contributed by atoms with Crippen molar-refractivity contribution in [2.45, 2.75) is 20.5 Å². The summed E-state index contributed by atoms with van der Waals surface area (Å²) in [5, 5.41) is 2.32. The number of ether oxygens (including phenoxy) is 2. The van der Waals surface area contributed by atoms with Crippen LogP contribution in [0, 0.1) is 19.7 Å². The summed E-state index contributed by atoms with van der Waals surface area (Å²) in [6.07, 6.45) is 1.31. The summed E-state index contributed by atoms with van der Waals surface area (Å²) in [6, 6.07) is 13.5. The third-order valence-corrected chi connectivity index (χ3v) is 6.02. The Labute approximate surface area is 212 Å². The predicted molar refractivity (Wildman–Crippen MR) is 134 cm³/mol. The number of nitrogens with zero attached hydrogens (tertiary/aromatic N) is 1. The SMILES string of the molecule is COc1cc(/C=C2\C(=O)NC(=O)N(c3ccc(C)c(C)c3)C2=O)cc(Cl)c1OCc1ccccc1F. The average molecular weight is 509 g/mol. The highest BCUT2D eigenvalue weighted by molar-refractivity contribution is 6.39. The number of rotatable bonds is 6. The van der Waals surface area contributed by atoms with Gasteiger partial charge >= 0.3 is 6.03 Å². The molecule has 0 bridgehead atoms. The van der Waals surface area contributed by atoms with Crippen molar-refractivity contribution in [2.75, 3.05) is 12.0 Å². The van der Waals surface area contributed by atoms with Gasteiger partial charge in [0.25, 0.3) is 11.8 Å². The Balaban J connectivity index is 1.66. The molecule has 0 unspecified atom stereocenters. The first kappa shape index (κ1) is 24.9. The van der Waals surface area contributed by atoms with Gasteiger partial charge in [0.2, 0.25) is 0 Å². The van der Waals surface area contributed by atoms with Gasteiger partial charge in [-0.1, -0.05) is 35.9 Å². The molecule has 0 atom stereocenters. The van der Waals surface area contributed by atoms with E-state index in [1.165, 1.54) is 31.4 Å². The number of carbonyl (C=O) groups excluding carboxylic acids is 3. The van der Waals surface area contributed by atoms with Crippen LogP contribution in [0.4, 0.5) is 14.9 Å². The van der Waals surface area contributed by atoms with Gasteiger partial charge in [0.1, 0.15) is 18.0 Å². The number of halogens is 2. The van der Waals surface area contributed by atoms with E-state index >= 15 is 0 Å². The van der Waals surface area contributed by atoms with Crippen LogP contribution >= 0.6 is 11.6 Å². The molecule has 1 fully saturated rings. The highest BCUT2D eigenvalue weighted by Gasteiger charge is 2.37. The lowest BCUT2D eigenvalue weighted by atomic mass is 10.0. The van der Waals surface area contributed by atoms with E-state index < -0.39 is 23.7 Å². The number of carbonyl (C=O) groups is 3. The highest BCUT2D eigenvalue weighted by Crippen LogP contribution is 2.38. The smallest absolute Gasteiger partial charge is 0.335 e. The molecule has 9 heteroatoms. The fraction of sp³-hybridized carbons (Fsp3) is 0.148. The molecule has 1 aliphatic heterocycles. The summed E-state index contributed by atoms with van der Waals surface area (Å²) in [7, 11) is 1.40. The lowest BCUT2D eigenvalue weighted by molar-refractivity contribution is -0.122. The molecule has 3 aromatic rings. The van der Waals surface area contributed by atoms with Crippen LogP contribution in [0.2, 0.25) is 5.02 Å². The van der Waals surface area contributed by atoms with Gasteiger partial charge in [0, 0.05) is 5.56 Å². The summed E-state index contributed by atoms with van der Waals surface area (Å²) in [5.41, 5.74) is 2.66. The van der Waals surface area contributed by atoms with Crippen LogP contribution in [-0.2, 0) is 16.2 Å². The molecule has 3 aromatic carbocycles. The Morgan fingerprint density at radius 1 is 1.03 bits per heavy atom. The van der Waals surface area contributed by atoms with Gasteiger partial charge in [0.05, 0.1) is 17.8 Å². The Morgan fingerprint density at radius 2 is 1.78 bits per heavy atom. The maximum Gasteiger partial charge on any atom is 0.335 e. The minimum Gasteiger partial charge on any atom is -0.493 e. The number of nitrogens with one attached hydrogen (secondary N) is 1. The molecule has 1 N–H and O–H groups in total. The second-order valence-electron chi connectivity index (χ2n) is 8.14. The Morgan fingerprint density at radius 3 is 2.47 bits per heavy atom. The fourth-order valence-corrected chi connectivity index (χ4v) is 3.93. The topological polar surface area (TPSA) is 84.9 Å². The number of anilines is 1. The second-order valence-corrected chi connectivity index (χ2v) is 8.55. The van der Waals surface area contributed by atoms with Crippen molar-refractivity contribution in [1.82, 2.24) is 5.32 Å². The van der Waals surface area contributed by atoms with Gasteiger partial charge in [-0.05, 0) is 66.9 Å². The van der Waals surface area contributed by atoms with Crippen LogP contribution in [0.15, 0.2) is 60.2 Å². The van der Waals surface area contributed by atoms with Gasteiger partial charge in [-0.15, -0.1) is 0 Å². The molecule has 0 aromatic heterocycles. The predicted octanol–water partition coefficient (Wildman–Crippen LogP) is 5.35. The molecule has 0 aliphatic carbocycles. The first-order valence-electron chi connectivity index (χ1n) is 10.9. The largest absolute Gasteiger partial charge is 0.493 e. The number of hydrogen-bond donors (Lipinski definition) is 1. The number of benzene rings is 3. The van der Waals surface area contributed by atoms with Crippen LogP contribution < -0.4 is 19.7 Å². The molecule has 1 aliphatic rings. The van der Waals surface area contributed by atoms with E-state index in [-0.39, 0.29) is 28.7 Å². The Hall–Kier alpha value is -4.17. The third-order valence-electron chi connectivity index (χ3n) is 5.74. The molecule has 1 heterocycles. The average Bonchev–Trinajstić information content (AvgIpc) is 2.83. The maximum absolute atomic E-state index is 13.9. The number of imide groups is 2. The van der Waals surface area contributed by atoms with Crippen molar-refractivity contribution in [2.24, 2.45) is 0 Å². The first-order chi connectivity index (χ1) is 17.2. The number of barbiturate groups is 1. The maximum atomic E-state index is 13.9. The zero-order chi connectivity index (χ0) is 26.0. The number of amides is 4. The van der Waals surface area contributed by atoms with E-state index in [9.17, 15) is 18.8 Å². The monoisotopic (exact) mass is 508 g/mol. The molecule has 4 rings (SSSR count). The van der Waals surface area contributed by atoms with Crippen LogP contribution in [0.3, 0.4) is 0 Å². The van der Waals surface area contributed by atoms with E-state index in [2.05, 4.69) is 5.32 Å². The number of aryl methyl sites for hydroxylation is 2. The van der Waals surface area contributed by atoms with Gasteiger partial charge in [-0.2, -0.15) is 0 Å². The summed E-state index contributed by atoms with van der Waals surface area (Å²) in [5.74, 6) is -1.63. The summed E-state index contributed by atoms with van der Waals surface area (Å²) in [6.45, 7) is 3.68. The minimum absolute atomic E-state index is 0.0862.